The molecule has 0 aliphatic carbocycles. The van der Waals surface area contributed by atoms with Crippen LogP contribution in [0.25, 0.3) is 0 Å². The summed E-state index contributed by atoms with van der Waals surface area (Å²) in [7, 11) is 0. The molecule has 0 bridgehead atoms. The van der Waals surface area contributed by atoms with E-state index in [0.717, 1.165) is 6.42 Å². The van der Waals surface area contributed by atoms with Crippen molar-refractivity contribution in [3.8, 4) is 11.5 Å². The zero-order valence-corrected chi connectivity index (χ0v) is 11.6. The van der Waals surface area contributed by atoms with E-state index in [2.05, 4.69) is 5.32 Å². The monoisotopic (exact) mass is 273 g/mol. The van der Waals surface area contributed by atoms with E-state index in [1.165, 1.54) is 12.1 Å². The van der Waals surface area contributed by atoms with Gasteiger partial charge in [0.15, 0.2) is 11.5 Å². The van der Waals surface area contributed by atoms with Gasteiger partial charge in [0.2, 0.25) is 0 Å². The highest BCUT2D eigenvalue weighted by Gasteiger charge is 2.24. The van der Waals surface area contributed by atoms with E-state index in [9.17, 15) is 15.3 Å². The summed E-state index contributed by atoms with van der Waals surface area (Å²) in [5, 5.41) is 32.4. The molecule has 0 radical (unpaired) electrons. The van der Waals surface area contributed by atoms with Gasteiger partial charge in [-0.3, -0.25) is 0 Å². The molecule has 5 heteroatoms. The van der Waals surface area contributed by atoms with Gasteiger partial charge >= 0.3 is 0 Å². The van der Waals surface area contributed by atoms with E-state index < -0.39 is 11.9 Å². The molecule has 18 heavy (non-hydrogen) atoms. The van der Waals surface area contributed by atoms with E-state index in [4.69, 9.17) is 11.6 Å². The third-order valence-corrected chi connectivity index (χ3v) is 3.21. The van der Waals surface area contributed by atoms with Crippen molar-refractivity contribution in [1.29, 1.82) is 0 Å². The largest absolute Gasteiger partial charge is 0.504 e. The zero-order chi connectivity index (χ0) is 13.9. The lowest BCUT2D eigenvalue weighted by Gasteiger charge is -2.26. The van der Waals surface area contributed by atoms with Gasteiger partial charge in [-0.2, -0.15) is 0 Å². The number of hydrogen-bond acceptors (Lipinski definition) is 4. The molecule has 0 heterocycles. The molecule has 102 valence electrons. The van der Waals surface area contributed by atoms with Crippen LogP contribution in [0.2, 0.25) is 5.02 Å². The fraction of sp³-hybridized carbons (Fsp3) is 0.538. The average molecular weight is 274 g/mol. The Morgan fingerprint density at radius 1 is 1.28 bits per heavy atom. The molecule has 0 amide bonds. The topological polar surface area (TPSA) is 72.7 Å². The summed E-state index contributed by atoms with van der Waals surface area (Å²) in [6, 6.07) is 2.91. The molecule has 0 aliphatic rings. The second kappa shape index (κ2) is 6.27. The predicted octanol–water partition coefficient (Wildman–Crippen LogP) is 2.56. The summed E-state index contributed by atoms with van der Waals surface area (Å²) < 4.78 is 0. The summed E-state index contributed by atoms with van der Waals surface area (Å²) in [6.45, 7) is 5.94. The van der Waals surface area contributed by atoms with Gasteiger partial charge in [-0.1, -0.05) is 38.4 Å². The smallest absolute Gasteiger partial charge is 0.176 e. The first-order valence-corrected chi connectivity index (χ1v) is 6.40. The van der Waals surface area contributed by atoms with Crippen LogP contribution in [0.1, 0.15) is 38.9 Å². The highest BCUT2D eigenvalue weighted by Crippen LogP contribution is 2.39. The Balaban J connectivity index is 3.02. The maximum absolute atomic E-state index is 10.3. The standard InChI is InChI=1S/C13H20ClNO3/c1-4-9(15-7(2)3)12(17)8-5-6-10(16)13(18)11(8)14/h5-7,9,12,15-18H,4H2,1-3H3. The molecule has 2 atom stereocenters. The number of nitrogens with one attached hydrogen (secondary N) is 1. The van der Waals surface area contributed by atoms with Crippen LogP contribution in [0.3, 0.4) is 0 Å². The van der Waals surface area contributed by atoms with Gasteiger partial charge in [-0.05, 0) is 12.5 Å². The third kappa shape index (κ3) is 3.28. The minimum absolute atomic E-state index is 0.00786. The van der Waals surface area contributed by atoms with Crippen LogP contribution < -0.4 is 5.32 Å². The van der Waals surface area contributed by atoms with Gasteiger partial charge in [0, 0.05) is 17.6 Å². The Kier molecular flexibility index (Phi) is 5.26. The molecule has 4 N–H and O–H groups in total. The van der Waals surface area contributed by atoms with Gasteiger partial charge in [0.25, 0.3) is 0 Å². The van der Waals surface area contributed by atoms with Crippen LogP contribution in [0.15, 0.2) is 12.1 Å². The minimum Gasteiger partial charge on any atom is -0.504 e. The number of phenolic OH excluding ortho intramolecular Hbond substituents is 2. The quantitative estimate of drug-likeness (QED) is 0.622. The van der Waals surface area contributed by atoms with Gasteiger partial charge in [-0.25, -0.2) is 0 Å². The summed E-state index contributed by atoms with van der Waals surface area (Å²) in [5.41, 5.74) is 0.409. The number of hydrogen-bond donors (Lipinski definition) is 4. The lowest BCUT2D eigenvalue weighted by atomic mass is 9.99. The van der Waals surface area contributed by atoms with Crippen molar-refractivity contribution in [3.05, 3.63) is 22.7 Å². The lowest BCUT2D eigenvalue weighted by molar-refractivity contribution is 0.121. The number of halogens is 1. The number of benzene rings is 1. The number of aliphatic hydroxyl groups is 1. The molecule has 0 saturated heterocycles. The fourth-order valence-electron chi connectivity index (χ4n) is 1.88. The van der Waals surface area contributed by atoms with Gasteiger partial charge < -0.3 is 20.6 Å². The summed E-state index contributed by atoms with van der Waals surface area (Å²) in [4.78, 5) is 0. The van der Waals surface area contributed by atoms with Crippen molar-refractivity contribution in [3.63, 3.8) is 0 Å². The molecule has 4 nitrogen and oxygen atoms in total. The average Bonchev–Trinajstić information content (AvgIpc) is 2.32. The molecule has 1 aromatic carbocycles. The summed E-state index contributed by atoms with van der Waals surface area (Å²) in [5.74, 6) is -0.687. The van der Waals surface area contributed by atoms with Crippen LogP contribution in [-0.4, -0.2) is 27.4 Å². The minimum atomic E-state index is -0.837. The summed E-state index contributed by atoms with van der Waals surface area (Å²) >= 11 is 5.93. The lowest BCUT2D eigenvalue weighted by Crippen LogP contribution is -2.38. The van der Waals surface area contributed by atoms with Crippen molar-refractivity contribution >= 4 is 11.6 Å². The molecule has 0 saturated carbocycles. The van der Waals surface area contributed by atoms with E-state index >= 15 is 0 Å². The molecule has 0 fully saturated rings. The first kappa shape index (κ1) is 15.1. The molecule has 2 unspecified atom stereocenters. The Bertz CT molecular complexity index is 409. The molecule has 1 aromatic rings. The summed E-state index contributed by atoms with van der Waals surface area (Å²) in [6.07, 6.45) is -0.117. The van der Waals surface area contributed by atoms with Crippen molar-refractivity contribution < 1.29 is 15.3 Å². The Morgan fingerprint density at radius 3 is 2.39 bits per heavy atom. The van der Waals surface area contributed by atoms with Gasteiger partial charge in [0.05, 0.1) is 11.1 Å². The molecule has 0 spiro atoms. The second-order valence-electron chi connectivity index (χ2n) is 4.62. The molecule has 0 aliphatic heterocycles. The third-order valence-electron chi connectivity index (χ3n) is 2.81. The van der Waals surface area contributed by atoms with Gasteiger partial charge in [-0.15, -0.1) is 0 Å². The molecular weight excluding hydrogens is 254 g/mol. The van der Waals surface area contributed by atoms with E-state index in [-0.39, 0.29) is 22.9 Å². The maximum Gasteiger partial charge on any atom is 0.176 e. The molecule has 0 aromatic heterocycles. The molecular formula is C13H20ClNO3. The number of aromatic hydroxyl groups is 2. The highest BCUT2D eigenvalue weighted by atomic mass is 35.5. The van der Waals surface area contributed by atoms with Crippen LogP contribution in [-0.2, 0) is 0 Å². The Morgan fingerprint density at radius 2 is 1.89 bits per heavy atom. The Labute approximate surface area is 112 Å². The zero-order valence-electron chi connectivity index (χ0n) is 10.8. The van der Waals surface area contributed by atoms with E-state index in [0.29, 0.717) is 5.56 Å². The number of phenols is 2. The SMILES string of the molecule is CCC(NC(C)C)C(O)c1ccc(O)c(O)c1Cl. The van der Waals surface area contributed by atoms with Crippen LogP contribution in [0, 0.1) is 0 Å². The number of aliphatic hydroxyl groups excluding tert-OH is 1. The predicted molar refractivity (Wildman–Crippen MR) is 72.1 cm³/mol. The highest BCUT2D eigenvalue weighted by molar-refractivity contribution is 6.33. The van der Waals surface area contributed by atoms with Crippen LogP contribution in [0.4, 0.5) is 0 Å². The van der Waals surface area contributed by atoms with Crippen LogP contribution >= 0.6 is 11.6 Å². The normalized spacial score (nSPS) is 14.8. The van der Waals surface area contributed by atoms with Crippen molar-refractivity contribution in [2.24, 2.45) is 0 Å². The first-order valence-electron chi connectivity index (χ1n) is 6.02. The van der Waals surface area contributed by atoms with E-state index in [1.54, 1.807) is 0 Å². The van der Waals surface area contributed by atoms with Gasteiger partial charge in [0.1, 0.15) is 0 Å². The maximum atomic E-state index is 10.3. The van der Waals surface area contributed by atoms with Crippen molar-refractivity contribution in [1.82, 2.24) is 5.32 Å². The van der Waals surface area contributed by atoms with Crippen molar-refractivity contribution in [2.45, 2.75) is 45.4 Å². The van der Waals surface area contributed by atoms with E-state index in [1.807, 2.05) is 20.8 Å². The fourth-order valence-corrected chi connectivity index (χ4v) is 2.15. The first-order chi connectivity index (χ1) is 8.38. The second-order valence-corrected chi connectivity index (χ2v) is 5.00. The molecule has 1 rings (SSSR count). The van der Waals surface area contributed by atoms with Crippen LogP contribution in [0.5, 0.6) is 11.5 Å². The Hall–Kier alpha value is -0.970. The van der Waals surface area contributed by atoms with Crippen molar-refractivity contribution in [2.75, 3.05) is 0 Å². The number of rotatable bonds is 5.